The maximum atomic E-state index is 12.4. The molecule has 146 valence electrons. The number of amides is 1. The number of halogens is 1. The van der Waals surface area contributed by atoms with Crippen LogP contribution in [0.3, 0.4) is 0 Å². The molecular weight excluding hydrogens is 472 g/mol. The fourth-order valence-electron chi connectivity index (χ4n) is 2.70. The number of aromatic nitrogens is 2. The number of thioether (sulfide) groups is 1. The van der Waals surface area contributed by atoms with Crippen LogP contribution in [0, 0.1) is 5.92 Å². The second-order valence-corrected chi connectivity index (χ2v) is 11.3. The average molecular weight is 491 g/mol. The van der Waals surface area contributed by atoms with E-state index in [1.165, 1.54) is 27.5 Å². The molecule has 1 saturated heterocycles. The Bertz CT molecular complexity index is 894. The lowest BCUT2D eigenvalue weighted by Crippen LogP contribution is -2.40. The molecule has 3 rings (SSSR count). The normalized spacial score (nSPS) is 16.4. The molecule has 0 radical (unpaired) electrons. The summed E-state index contributed by atoms with van der Waals surface area (Å²) in [4.78, 5) is 12.4. The number of sulfonamides is 1. The van der Waals surface area contributed by atoms with E-state index in [0.717, 1.165) is 14.6 Å². The van der Waals surface area contributed by atoms with Crippen LogP contribution in [0.15, 0.2) is 33.1 Å². The van der Waals surface area contributed by atoms with Crippen LogP contribution in [0.25, 0.3) is 0 Å². The van der Waals surface area contributed by atoms with Gasteiger partial charge in [-0.1, -0.05) is 51.2 Å². The maximum absolute atomic E-state index is 12.4. The van der Waals surface area contributed by atoms with E-state index in [1.54, 1.807) is 11.8 Å². The van der Waals surface area contributed by atoms with E-state index in [4.69, 9.17) is 0 Å². The second kappa shape index (κ2) is 8.99. The number of rotatable bonds is 6. The maximum Gasteiger partial charge on any atom is 0.229 e. The van der Waals surface area contributed by atoms with E-state index in [9.17, 15) is 13.2 Å². The largest absolute Gasteiger partial charge is 0.300 e. The first-order valence-electron chi connectivity index (χ1n) is 8.28. The minimum Gasteiger partial charge on any atom is -0.300 e. The first kappa shape index (κ1) is 20.7. The Labute approximate surface area is 175 Å². The van der Waals surface area contributed by atoms with Crippen LogP contribution in [-0.4, -0.2) is 48.2 Å². The van der Waals surface area contributed by atoms with Crippen LogP contribution in [-0.2, 0) is 20.6 Å². The third kappa shape index (κ3) is 5.98. The Morgan fingerprint density at radius 3 is 2.59 bits per heavy atom. The van der Waals surface area contributed by atoms with Crippen molar-refractivity contribution < 1.29 is 13.2 Å². The number of nitrogens with zero attached hydrogens (tertiary/aromatic N) is 3. The highest BCUT2D eigenvalue weighted by Gasteiger charge is 2.29. The molecule has 1 N–H and O–H groups in total. The zero-order valence-corrected chi connectivity index (χ0v) is 18.6. The Balaban J connectivity index is 1.49. The van der Waals surface area contributed by atoms with Crippen molar-refractivity contribution >= 4 is 60.1 Å². The van der Waals surface area contributed by atoms with Gasteiger partial charge in [0.1, 0.15) is 0 Å². The topological polar surface area (TPSA) is 92.3 Å². The Morgan fingerprint density at radius 2 is 1.96 bits per heavy atom. The summed E-state index contributed by atoms with van der Waals surface area (Å²) in [6.45, 7) is 0.753. The quantitative estimate of drug-likeness (QED) is 0.493. The molecular formula is C16H19BrN4O3S3. The van der Waals surface area contributed by atoms with Gasteiger partial charge in [0.2, 0.25) is 21.1 Å². The third-order valence-electron chi connectivity index (χ3n) is 4.21. The van der Waals surface area contributed by atoms with Gasteiger partial charge in [-0.25, -0.2) is 12.7 Å². The summed E-state index contributed by atoms with van der Waals surface area (Å²) in [5.74, 6) is 0.453. The van der Waals surface area contributed by atoms with Crippen molar-refractivity contribution in [2.24, 2.45) is 5.92 Å². The molecule has 7 nitrogen and oxygen atoms in total. The summed E-state index contributed by atoms with van der Waals surface area (Å²) in [6, 6.07) is 8.08. The molecule has 27 heavy (non-hydrogen) atoms. The molecule has 0 bridgehead atoms. The van der Waals surface area contributed by atoms with E-state index >= 15 is 0 Å². The van der Waals surface area contributed by atoms with Gasteiger partial charge >= 0.3 is 0 Å². The standard InChI is InChI=1S/C16H19BrN4O3S3/c1-27(23,24)21-8-6-12(7-9-21)14(22)18-15-19-20-16(26-15)25-10-11-2-4-13(17)5-3-11/h2-5,12H,6-10H2,1H3,(H,18,19,22). The fraction of sp³-hybridized carbons (Fsp3) is 0.438. The van der Waals surface area contributed by atoms with E-state index in [2.05, 4.69) is 31.4 Å². The summed E-state index contributed by atoms with van der Waals surface area (Å²) < 4.78 is 26.3. The van der Waals surface area contributed by atoms with E-state index in [0.29, 0.717) is 31.1 Å². The number of carbonyl (C=O) groups excluding carboxylic acids is 1. The smallest absolute Gasteiger partial charge is 0.229 e. The molecule has 2 aromatic rings. The monoisotopic (exact) mass is 490 g/mol. The molecule has 0 saturated carbocycles. The minimum atomic E-state index is -3.19. The lowest BCUT2D eigenvalue weighted by molar-refractivity contribution is -0.120. The first-order chi connectivity index (χ1) is 12.8. The number of nitrogens with one attached hydrogen (secondary N) is 1. The SMILES string of the molecule is CS(=O)(=O)N1CCC(C(=O)Nc2nnc(SCc3ccc(Br)cc3)s2)CC1. The van der Waals surface area contributed by atoms with Gasteiger partial charge in [0.05, 0.1) is 6.26 Å². The first-order valence-corrected chi connectivity index (χ1v) is 12.7. The van der Waals surface area contributed by atoms with Crippen molar-refractivity contribution in [2.75, 3.05) is 24.7 Å². The van der Waals surface area contributed by atoms with Crippen LogP contribution in [0.1, 0.15) is 18.4 Å². The lowest BCUT2D eigenvalue weighted by Gasteiger charge is -2.29. The van der Waals surface area contributed by atoms with Crippen molar-refractivity contribution in [3.63, 3.8) is 0 Å². The van der Waals surface area contributed by atoms with Crippen LogP contribution in [0.4, 0.5) is 5.13 Å². The summed E-state index contributed by atoms with van der Waals surface area (Å²) in [7, 11) is -3.19. The number of hydrogen-bond donors (Lipinski definition) is 1. The Kier molecular flexibility index (Phi) is 6.90. The summed E-state index contributed by atoms with van der Waals surface area (Å²) >= 11 is 6.33. The zero-order chi connectivity index (χ0) is 19.4. The second-order valence-electron chi connectivity index (χ2n) is 6.21. The number of hydrogen-bond acceptors (Lipinski definition) is 7. The molecule has 0 atom stereocenters. The molecule has 1 aromatic heterocycles. The summed E-state index contributed by atoms with van der Waals surface area (Å²) in [5.41, 5.74) is 1.18. The van der Waals surface area contributed by atoms with Gasteiger partial charge in [-0.05, 0) is 30.5 Å². The summed E-state index contributed by atoms with van der Waals surface area (Å²) in [5, 5.41) is 11.4. The molecule has 2 heterocycles. The van der Waals surface area contributed by atoms with Gasteiger partial charge in [-0.3, -0.25) is 4.79 Å². The van der Waals surface area contributed by atoms with Crippen molar-refractivity contribution in [3.05, 3.63) is 34.3 Å². The van der Waals surface area contributed by atoms with Gasteiger partial charge in [0.25, 0.3) is 0 Å². The van der Waals surface area contributed by atoms with Crippen molar-refractivity contribution in [2.45, 2.75) is 22.9 Å². The highest BCUT2D eigenvalue weighted by Crippen LogP contribution is 2.29. The van der Waals surface area contributed by atoms with Gasteiger partial charge < -0.3 is 5.32 Å². The highest BCUT2D eigenvalue weighted by molar-refractivity contribution is 9.10. The van der Waals surface area contributed by atoms with Crippen LogP contribution < -0.4 is 5.32 Å². The van der Waals surface area contributed by atoms with Gasteiger partial charge in [0, 0.05) is 29.2 Å². The van der Waals surface area contributed by atoms with Crippen LogP contribution >= 0.6 is 39.0 Å². The lowest BCUT2D eigenvalue weighted by atomic mass is 9.97. The predicted octanol–water partition coefficient (Wildman–Crippen LogP) is 3.20. The predicted molar refractivity (Wildman–Crippen MR) is 111 cm³/mol. The highest BCUT2D eigenvalue weighted by atomic mass is 79.9. The van der Waals surface area contributed by atoms with Crippen LogP contribution in [0.5, 0.6) is 0 Å². The fourth-order valence-corrected chi connectivity index (χ4v) is 5.55. The molecule has 1 fully saturated rings. The van der Waals surface area contributed by atoms with Gasteiger partial charge in [-0.2, -0.15) is 0 Å². The molecule has 1 aliphatic rings. The van der Waals surface area contributed by atoms with Gasteiger partial charge in [-0.15, -0.1) is 10.2 Å². The number of piperidine rings is 1. The molecule has 1 aliphatic heterocycles. The molecule has 0 aliphatic carbocycles. The molecule has 0 unspecified atom stereocenters. The average Bonchev–Trinajstić information content (AvgIpc) is 3.08. The number of benzene rings is 1. The Hall–Kier alpha value is -1.01. The minimum absolute atomic E-state index is 0.122. The van der Waals surface area contributed by atoms with Crippen molar-refractivity contribution in [1.29, 1.82) is 0 Å². The number of anilines is 1. The third-order valence-corrected chi connectivity index (χ3v) is 8.08. The number of carbonyl (C=O) groups is 1. The molecule has 1 aromatic carbocycles. The summed E-state index contributed by atoms with van der Waals surface area (Å²) in [6.07, 6.45) is 2.23. The molecule has 0 spiro atoms. The Morgan fingerprint density at radius 1 is 1.30 bits per heavy atom. The molecule has 11 heteroatoms. The van der Waals surface area contributed by atoms with E-state index in [-0.39, 0.29) is 11.8 Å². The van der Waals surface area contributed by atoms with E-state index < -0.39 is 10.0 Å². The van der Waals surface area contributed by atoms with Crippen molar-refractivity contribution in [1.82, 2.24) is 14.5 Å². The molecule has 1 amide bonds. The van der Waals surface area contributed by atoms with Crippen molar-refractivity contribution in [3.8, 4) is 0 Å². The van der Waals surface area contributed by atoms with E-state index in [1.807, 2.05) is 24.3 Å². The van der Waals surface area contributed by atoms with Crippen LogP contribution in [0.2, 0.25) is 0 Å². The zero-order valence-electron chi connectivity index (χ0n) is 14.6. The van der Waals surface area contributed by atoms with Gasteiger partial charge in [0.15, 0.2) is 4.34 Å².